The normalized spacial score (nSPS) is 12.9. The Morgan fingerprint density at radius 2 is 2.06 bits per heavy atom. The van der Waals surface area contributed by atoms with Crippen molar-refractivity contribution in [2.24, 2.45) is 0 Å². The lowest BCUT2D eigenvalue weighted by Gasteiger charge is -2.11. The average molecular weight is 249 g/mol. The molecule has 1 N–H and O–H groups in total. The van der Waals surface area contributed by atoms with Crippen LogP contribution in [0.1, 0.15) is 41.5 Å². The van der Waals surface area contributed by atoms with E-state index in [0.717, 1.165) is 35.0 Å². The van der Waals surface area contributed by atoms with Gasteiger partial charge in [-0.25, -0.2) is 4.98 Å². The maximum absolute atomic E-state index is 10.3. The van der Waals surface area contributed by atoms with Gasteiger partial charge >= 0.3 is 0 Å². The summed E-state index contributed by atoms with van der Waals surface area (Å²) in [6.07, 6.45) is 1.37. The van der Waals surface area contributed by atoms with Crippen molar-refractivity contribution in [1.29, 1.82) is 0 Å². The van der Waals surface area contributed by atoms with Crippen LogP contribution in [0.2, 0.25) is 0 Å². The molecule has 0 aliphatic heterocycles. The number of aryl methyl sites for hydroxylation is 3. The van der Waals surface area contributed by atoms with Crippen LogP contribution >= 0.6 is 0 Å². The highest BCUT2D eigenvalue weighted by Gasteiger charge is 2.21. The van der Waals surface area contributed by atoms with E-state index in [0.29, 0.717) is 6.42 Å². The van der Waals surface area contributed by atoms with Crippen LogP contribution in [-0.2, 0) is 13.0 Å². The van der Waals surface area contributed by atoms with E-state index in [1.54, 1.807) is 4.68 Å². The minimum Gasteiger partial charge on any atom is -0.466 e. The van der Waals surface area contributed by atoms with E-state index in [9.17, 15) is 5.11 Å². The molecule has 0 aromatic carbocycles. The van der Waals surface area contributed by atoms with Gasteiger partial charge in [0.25, 0.3) is 0 Å². The first kappa shape index (κ1) is 12.8. The van der Waals surface area contributed by atoms with Crippen LogP contribution in [0.25, 0.3) is 0 Å². The summed E-state index contributed by atoms with van der Waals surface area (Å²) in [4.78, 5) is 4.18. The van der Waals surface area contributed by atoms with Gasteiger partial charge in [0.1, 0.15) is 23.7 Å². The first-order valence-corrected chi connectivity index (χ1v) is 6.15. The summed E-state index contributed by atoms with van der Waals surface area (Å²) in [5.41, 5.74) is 1.89. The van der Waals surface area contributed by atoms with Crippen molar-refractivity contribution in [2.75, 3.05) is 0 Å². The molecular weight excluding hydrogens is 230 g/mol. The van der Waals surface area contributed by atoms with Gasteiger partial charge in [-0.2, -0.15) is 5.10 Å². The number of aromatic nitrogens is 3. The maximum atomic E-state index is 10.3. The van der Waals surface area contributed by atoms with Crippen LogP contribution in [0.4, 0.5) is 0 Å². The summed E-state index contributed by atoms with van der Waals surface area (Å²) in [5.74, 6) is 2.43. The number of furan rings is 1. The van der Waals surface area contributed by atoms with Gasteiger partial charge in [0.05, 0.1) is 6.10 Å². The van der Waals surface area contributed by atoms with Crippen LogP contribution in [0.15, 0.2) is 10.7 Å². The lowest BCUT2D eigenvalue weighted by atomic mass is 10.0. The quantitative estimate of drug-likeness (QED) is 0.901. The zero-order valence-electron chi connectivity index (χ0n) is 11.3. The van der Waals surface area contributed by atoms with Crippen LogP contribution in [-0.4, -0.2) is 19.9 Å². The Labute approximate surface area is 106 Å². The topological polar surface area (TPSA) is 64.1 Å². The summed E-state index contributed by atoms with van der Waals surface area (Å²) < 4.78 is 7.33. The summed E-state index contributed by atoms with van der Waals surface area (Å²) in [6.45, 7) is 8.51. The molecule has 0 aliphatic rings. The fourth-order valence-electron chi connectivity index (χ4n) is 2.28. The van der Waals surface area contributed by atoms with Gasteiger partial charge in [0.15, 0.2) is 0 Å². The smallest absolute Gasteiger partial charge is 0.138 e. The highest BCUT2D eigenvalue weighted by atomic mass is 16.3. The molecule has 0 radical (unpaired) electrons. The van der Waals surface area contributed by atoms with E-state index in [4.69, 9.17) is 4.42 Å². The summed E-state index contributed by atoms with van der Waals surface area (Å²) >= 11 is 0. The highest BCUT2D eigenvalue weighted by Crippen LogP contribution is 2.28. The molecule has 1 unspecified atom stereocenters. The second-order valence-electron chi connectivity index (χ2n) is 4.47. The van der Waals surface area contributed by atoms with Crippen molar-refractivity contribution in [3.05, 3.63) is 34.8 Å². The van der Waals surface area contributed by atoms with E-state index in [1.807, 2.05) is 27.7 Å². The van der Waals surface area contributed by atoms with Crippen molar-refractivity contribution < 1.29 is 9.52 Å². The summed E-state index contributed by atoms with van der Waals surface area (Å²) in [6, 6.07) is 0. The Morgan fingerprint density at radius 3 is 2.61 bits per heavy atom. The maximum Gasteiger partial charge on any atom is 0.138 e. The van der Waals surface area contributed by atoms with E-state index in [-0.39, 0.29) is 0 Å². The van der Waals surface area contributed by atoms with E-state index < -0.39 is 6.10 Å². The lowest BCUT2D eigenvalue weighted by Crippen LogP contribution is -2.10. The molecule has 5 nitrogen and oxygen atoms in total. The third-order valence-corrected chi connectivity index (χ3v) is 3.32. The first-order chi connectivity index (χ1) is 8.54. The minimum absolute atomic E-state index is 0.453. The van der Waals surface area contributed by atoms with Crippen LogP contribution in [0, 0.1) is 20.8 Å². The molecule has 2 aromatic heterocycles. The van der Waals surface area contributed by atoms with Crippen molar-refractivity contribution in [2.45, 2.75) is 46.8 Å². The molecule has 0 saturated heterocycles. The summed E-state index contributed by atoms with van der Waals surface area (Å²) in [7, 11) is 0. The van der Waals surface area contributed by atoms with Crippen molar-refractivity contribution >= 4 is 0 Å². The first-order valence-electron chi connectivity index (χ1n) is 6.15. The Morgan fingerprint density at radius 1 is 1.33 bits per heavy atom. The van der Waals surface area contributed by atoms with Crippen LogP contribution in [0.3, 0.4) is 0 Å². The molecule has 0 bridgehead atoms. The number of aliphatic hydroxyl groups is 1. The second-order valence-corrected chi connectivity index (χ2v) is 4.47. The molecule has 2 aromatic rings. The monoisotopic (exact) mass is 249 g/mol. The van der Waals surface area contributed by atoms with E-state index in [2.05, 4.69) is 10.1 Å². The Bertz CT molecular complexity index is 542. The molecule has 0 spiro atoms. The zero-order chi connectivity index (χ0) is 13.3. The molecule has 2 heterocycles. The highest BCUT2D eigenvalue weighted by molar-refractivity contribution is 5.33. The standard InChI is InChI=1S/C13H19N3O2/c1-5-16-12(14-7-15-16)6-11(17)13-8(2)9(3)18-10(13)4/h7,11,17H,5-6H2,1-4H3. The third kappa shape index (κ3) is 2.18. The SMILES string of the molecule is CCn1ncnc1CC(O)c1c(C)oc(C)c1C. The molecule has 2 rings (SSSR count). The minimum atomic E-state index is -0.600. The molecule has 1 atom stereocenters. The second kappa shape index (κ2) is 4.94. The predicted molar refractivity (Wildman–Crippen MR) is 67.3 cm³/mol. The molecular formula is C13H19N3O2. The van der Waals surface area contributed by atoms with E-state index >= 15 is 0 Å². The molecule has 18 heavy (non-hydrogen) atoms. The fourth-order valence-corrected chi connectivity index (χ4v) is 2.28. The van der Waals surface area contributed by atoms with Gasteiger partial charge in [-0.05, 0) is 33.3 Å². The molecule has 98 valence electrons. The Balaban J connectivity index is 2.24. The Hall–Kier alpha value is -1.62. The number of hydrogen-bond donors (Lipinski definition) is 1. The molecule has 5 heteroatoms. The van der Waals surface area contributed by atoms with Crippen molar-refractivity contribution in [3.8, 4) is 0 Å². The largest absolute Gasteiger partial charge is 0.466 e. The predicted octanol–water partition coefficient (Wildman–Crippen LogP) is 2.09. The molecule has 0 saturated carbocycles. The fraction of sp³-hybridized carbons (Fsp3) is 0.538. The van der Waals surface area contributed by atoms with Gasteiger partial charge < -0.3 is 9.52 Å². The molecule has 0 aliphatic carbocycles. The van der Waals surface area contributed by atoms with Gasteiger partial charge in [-0.3, -0.25) is 4.68 Å². The summed E-state index contributed by atoms with van der Waals surface area (Å²) in [5, 5.41) is 14.4. The number of nitrogens with zero attached hydrogens (tertiary/aromatic N) is 3. The Kier molecular flexibility index (Phi) is 3.52. The molecule has 0 fully saturated rings. The number of rotatable bonds is 4. The van der Waals surface area contributed by atoms with Crippen LogP contribution < -0.4 is 0 Å². The van der Waals surface area contributed by atoms with Gasteiger partial charge in [-0.15, -0.1) is 0 Å². The van der Waals surface area contributed by atoms with E-state index in [1.165, 1.54) is 6.33 Å². The van der Waals surface area contributed by atoms with Gasteiger partial charge in [-0.1, -0.05) is 0 Å². The number of aliphatic hydroxyl groups excluding tert-OH is 1. The van der Waals surface area contributed by atoms with Crippen LogP contribution in [0.5, 0.6) is 0 Å². The van der Waals surface area contributed by atoms with Gasteiger partial charge in [0.2, 0.25) is 0 Å². The van der Waals surface area contributed by atoms with Crippen molar-refractivity contribution in [3.63, 3.8) is 0 Å². The number of hydrogen-bond acceptors (Lipinski definition) is 4. The van der Waals surface area contributed by atoms with Crippen molar-refractivity contribution in [1.82, 2.24) is 14.8 Å². The van der Waals surface area contributed by atoms with Gasteiger partial charge in [0, 0.05) is 18.5 Å². The zero-order valence-corrected chi connectivity index (χ0v) is 11.3. The average Bonchev–Trinajstić information content (AvgIpc) is 2.85. The third-order valence-electron chi connectivity index (χ3n) is 3.32. The molecule has 0 amide bonds. The lowest BCUT2D eigenvalue weighted by molar-refractivity contribution is 0.171.